The van der Waals surface area contributed by atoms with Crippen LogP contribution in [0.1, 0.15) is 16.9 Å². The lowest BCUT2D eigenvalue weighted by Gasteiger charge is -2.08. The van der Waals surface area contributed by atoms with E-state index in [2.05, 4.69) is 26.2 Å². The Kier molecular flexibility index (Phi) is 5.82. The number of nitrogens with zero attached hydrogens (tertiary/aromatic N) is 1. The highest BCUT2D eigenvalue weighted by Crippen LogP contribution is 2.04. The van der Waals surface area contributed by atoms with Crippen molar-refractivity contribution in [3.63, 3.8) is 0 Å². The Morgan fingerprint density at radius 3 is 3.20 bits per heavy atom. The average Bonchev–Trinajstić information content (AvgIpc) is 2.70. The third kappa shape index (κ3) is 4.72. The Balaban J connectivity index is 2.18. The van der Waals surface area contributed by atoms with Crippen LogP contribution in [0.3, 0.4) is 0 Å². The van der Waals surface area contributed by atoms with Crippen molar-refractivity contribution in [2.45, 2.75) is 11.2 Å². The molecule has 0 bridgehead atoms. The zero-order valence-corrected chi connectivity index (χ0v) is 10.8. The van der Waals surface area contributed by atoms with Gasteiger partial charge in [0.2, 0.25) is 0 Å². The van der Waals surface area contributed by atoms with Crippen LogP contribution in [0.2, 0.25) is 0 Å². The average molecular weight is 293 g/mol. The van der Waals surface area contributed by atoms with Gasteiger partial charge in [-0.2, -0.15) is 0 Å². The monoisotopic (exact) mass is 292 g/mol. The third-order valence-electron chi connectivity index (χ3n) is 1.76. The summed E-state index contributed by atoms with van der Waals surface area (Å²) in [6, 6.07) is 0. The van der Waals surface area contributed by atoms with Crippen molar-refractivity contribution >= 4 is 33.2 Å². The summed E-state index contributed by atoms with van der Waals surface area (Å²) in [4.78, 5) is 15.6. The van der Waals surface area contributed by atoms with Crippen LogP contribution in [0.15, 0.2) is 10.9 Å². The highest BCUT2D eigenvalue weighted by Gasteiger charge is 2.08. The molecule has 6 heteroatoms. The van der Waals surface area contributed by atoms with Crippen LogP contribution >= 0.6 is 27.3 Å². The summed E-state index contributed by atoms with van der Waals surface area (Å²) >= 11 is 4.86. The minimum absolute atomic E-state index is 0.117. The first-order valence-electron chi connectivity index (χ1n) is 4.53. The fraction of sp³-hybridized carbons (Fsp3) is 0.556. The lowest BCUT2D eigenvalue weighted by molar-refractivity contribution is 0.0947. The molecule has 1 rings (SSSR count). The summed E-state index contributed by atoms with van der Waals surface area (Å²) < 4.78 is 4.96. The molecular weight excluding hydrogens is 280 g/mol. The molecule has 1 heterocycles. The van der Waals surface area contributed by atoms with Crippen molar-refractivity contribution in [2.75, 3.05) is 20.3 Å². The van der Waals surface area contributed by atoms with Gasteiger partial charge in [0.1, 0.15) is 5.69 Å². The largest absolute Gasteiger partial charge is 0.384 e. The van der Waals surface area contributed by atoms with Crippen LogP contribution < -0.4 is 5.32 Å². The summed E-state index contributed by atoms with van der Waals surface area (Å²) in [6.45, 7) is 1.27. The number of alkyl halides is 1. The van der Waals surface area contributed by atoms with E-state index in [1.807, 2.05) is 0 Å². The summed E-state index contributed by atoms with van der Waals surface area (Å²) in [5.74, 6) is -0.117. The van der Waals surface area contributed by atoms with Gasteiger partial charge in [-0.1, -0.05) is 15.9 Å². The number of aromatic nitrogens is 1. The molecule has 1 N–H and O–H groups in total. The zero-order chi connectivity index (χ0) is 11.1. The van der Waals surface area contributed by atoms with E-state index in [0.29, 0.717) is 18.8 Å². The first kappa shape index (κ1) is 12.6. The number of halogens is 1. The molecule has 0 aliphatic carbocycles. The van der Waals surface area contributed by atoms with Gasteiger partial charge in [0.05, 0.1) is 12.1 Å². The molecule has 0 saturated carbocycles. The number of rotatable bonds is 6. The number of nitrogens with one attached hydrogen (secondary N) is 1. The predicted octanol–water partition coefficient (Wildman–Crippen LogP) is 1.67. The minimum atomic E-state index is -0.117. The quantitative estimate of drug-likeness (QED) is 0.812. The molecule has 1 atom stereocenters. The molecule has 0 aliphatic heterocycles. The molecular formula is C9H13BrN2O2S. The van der Waals surface area contributed by atoms with Gasteiger partial charge in [-0.3, -0.25) is 4.79 Å². The number of amides is 1. The van der Waals surface area contributed by atoms with Gasteiger partial charge in [-0.25, -0.2) is 4.98 Å². The molecule has 0 radical (unpaired) electrons. The summed E-state index contributed by atoms with van der Waals surface area (Å²) in [7, 11) is 1.65. The minimum Gasteiger partial charge on any atom is -0.384 e. The summed E-state index contributed by atoms with van der Waals surface area (Å²) in [5, 5.41) is 4.53. The Morgan fingerprint density at radius 2 is 2.60 bits per heavy atom. The second-order valence-electron chi connectivity index (χ2n) is 2.97. The van der Waals surface area contributed by atoms with Gasteiger partial charge in [-0.05, 0) is 6.42 Å². The van der Waals surface area contributed by atoms with Crippen molar-refractivity contribution < 1.29 is 9.53 Å². The maximum atomic E-state index is 11.4. The fourth-order valence-corrected chi connectivity index (χ4v) is 2.05. The smallest absolute Gasteiger partial charge is 0.270 e. The van der Waals surface area contributed by atoms with Crippen molar-refractivity contribution in [3.05, 3.63) is 16.6 Å². The van der Waals surface area contributed by atoms with Crippen LogP contribution in [-0.4, -0.2) is 36.0 Å². The van der Waals surface area contributed by atoms with E-state index in [1.54, 1.807) is 18.0 Å². The second-order valence-corrected chi connectivity index (χ2v) is 4.98. The highest BCUT2D eigenvalue weighted by atomic mass is 79.9. The molecule has 1 unspecified atom stereocenters. The molecule has 15 heavy (non-hydrogen) atoms. The van der Waals surface area contributed by atoms with E-state index in [0.717, 1.165) is 6.42 Å². The topological polar surface area (TPSA) is 51.2 Å². The Labute approximate surface area is 101 Å². The van der Waals surface area contributed by atoms with Crippen LogP contribution in [0.5, 0.6) is 0 Å². The summed E-state index contributed by atoms with van der Waals surface area (Å²) in [6.07, 6.45) is 0.837. The maximum Gasteiger partial charge on any atom is 0.270 e. The molecule has 0 aliphatic rings. The molecule has 0 spiro atoms. The number of carbonyl (C=O) groups is 1. The van der Waals surface area contributed by atoms with Gasteiger partial charge in [0.25, 0.3) is 5.91 Å². The second kappa shape index (κ2) is 6.92. The van der Waals surface area contributed by atoms with Crippen molar-refractivity contribution in [3.8, 4) is 0 Å². The first-order chi connectivity index (χ1) is 7.24. The van der Waals surface area contributed by atoms with Crippen molar-refractivity contribution in [2.24, 2.45) is 0 Å². The van der Waals surface area contributed by atoms with Crippen LogP contribution in [0, 0.1) is 0 Å². The molecule has 0 fully saturated rings. The Bertz CT molecular complexity index is 292. The number of methoxy groups -OCH3 is 1. The van der Waals surface area contributed by atoms with Crippen molar-refractivity contribution in [1.29, 1.82) is 0 Å². The van der Waals surface area contributed by atoms with E-state index >= 15 is 0 Å². The van der Waals surface area contributed by atoms with E-state index in [9.17, 15) is 4.79 Å². The van der Waals surface area contributed by atoms with E-state index in [4.69, 9.17) is 4.74 Å². The van der Waals surface area contributed by atoms with Crippen LogP contribution in [-0.2, 0) is 4.74 Å². The molecule has 0 saturated heterocycles. The Morgan fingerprint density at radius 1 is 1.80 bits per heavy atom. The van der Waals surface area contributed by atoms with Gasteiger partial charge in [0, 0.05) is 23.9 Å². The molecule has 4 nitrogen and oxygen atoms in total. The molecule has 84 valence electrons. The Hall–Kier alpha value is -0.460. The van der Waals surface area contributed by atoms with Crippen molar-refractivity contribution in [1.82, 2.24) is 10.3 Å². The fourth-order valence-electron chi connectivity index (χ4n) is 1.02. The molecule has 1 amide bonds. The molecule has 0 aromatic carbocycles. The number of hydrogen-bond acceptors (Lipinski definition) is 4. The van der Waals surface area contributed by atoms with Gasteiger partial charge < -0.3 is 10.1 Å². The van der Waals surface area contributed by atoms with E-state index in [-0.39, 0.29) is 10.7 Å². The van der Waals surface area contributed by atoms with Gasteiger partial charge in [-0.15, -0.1) is 11.3 Å². The maximum absolute atomic E-state index is 11.4. The van der Waals surface area contributed by atoms with Gasteiger partial charge in [0.15, 0.2) is 0 Å². The first-order valence-corrected chi connectivity index (χ1v) is 6.39. The highest BCUT2D eigenvalue weighted by molar-refractivity contribution is 9.09. The van der Waals surface area contributed by atoms with E-state index < -0.39 is 0 Å². The molecule has 1 aromatic heterocycles. The molecule has 1 aromatic rings. The number of thiazole rings is 1. The number of carbonyl (C=O) groups excluding carboxylic acids is 1. The normalized spacial score (nSPS) is 12.4. The van der Waals surface area contributed by atoms with E-state index in [1.165, 1.54) is 11.3 Å². The summed E-state index contributed by atoms with van der Waals surface area (Å²) in [5.41, 5.74) is 2.13. The third-order valence-corrected chi connectivity index (χ3v) is 3.06. The van der Waals surface area contributed by atoms with Gasteiger partial charge >= 0.3 is 0 Å². The lowest BCUT2D eigenvalue weighted by Crippen LogP contribution is -2.27. The standard InChI is InChI=1S/C9H13BrN2O2S/c1-14-4-7(10)2-3-11-9(13)8-5-15-6-12-8/h5-7H,2-4H2,1H3,(H,11,13). The lowest BCUT2D eigenvalue weighted by atomic mass is 10.3. The predicted molar refractivity (Wildman–Crippen MR) is 63.7 cm³/mol. The zero-order valence-electron chi connectivity index (χ0n) is 8.40. The van der Waals surface area contributed by atoms with Crippen LogP contribution in [0.25, 0.3) is 0 Å². The SMILES string of the molecule is COCC(Br)CCNC(=O)c1cscn1. The number of hydrogen-bond donors (Lipinski definition) is 1. The number of ether oxygens (including phenoxy) is 1. The van der Waals surface area contributed by atoms with Crippen LogP contribution in [0.4, 0.5) is 0 Å².